The maximum Gasteiger partial charge on any atom is 0.306 e. The number of carbonyl (C=O) groups is 3. The first kappa shape index (κ1) is 57.9. The molecule has 0 saturated heterocycles. The molecule has 0 fully saturated rings. The standard InChI is InChI=1S/C54H100O6/c1-4-7-10-13-16-19-22-24-26-27-28-30-32-35-38-41-44-47-53(56)59-50-51(49-58-52(55)46-43-40-37-34-31-21-18-15-12-9-6-3)60-54(57)48-45-42-39-36-33-29-25-23-20-17-14-11-8-5-2/h15,18,23,25,51H,4-14,16-17,19-22,24,26-50H2,1-3H3/b18-15-,25-23-. The minimum atomic E-state index is -0.773. The van der Waals surface area contributed by atoms with Gasteiger partial charge >= 0.3 is 17.9 Å². The number of unbranched alkanes of at least 4 members (excludes halogenated alkanes) is 33. The molecule has 6 heteroatoms. The topological polar surface area (TPSA) is 78.9 Å². The first-order valence-corrected chi connectivity index (χ1v) is 26.3. The zero-order valence-electron chi connectivity index (χ0n) is 40.2. The first-order chi connectivity index (χ1) is 29.5. The smallest absolute Gasteiger partial charge is 0.306 e. The molecule has 1 atom stereocenters. The molecule has 0 aromatic carbocycles. The van der Waals surface area contributed by atoms with E-state index in [0.29, 0.717) is 19.3 Å². The van der Waals surface area contributed by atoms with Gasteiger partial charge < -0.3 is 14.2 Å². The van der Waals surface area contributed by atoms with Gasteiger partial charge in [-0.05, 0) is 64.2 Å². The molecular weight excluding hydrogens is 745 g/mol. The lowest BCUT2D eigenvalue weighted by Crippen LogP contribution is -2.30. The molecule has 0 saturated carbocycles. The van der Waals surface area contributed by atoms with Crippen LogP contribution in [0, 0.1) is 0 Å². The Bertz CT molecular complexity index is 973. The van der Waals surface area contributed by atoms with Gasteiger partial charge in [0.2, 0.25) is 0 Å². The highest BCUT2D eigenvalue weighted by Gasteiger charge is 2.19. The van der Waals surface area contributed by atoms with Gasteiger partial charge in [-0.25, -0.2) is 0 Å². The van der Waals surface area contributed by atoms with Crippen molar-refractivity contribution in [2.75, 3.05) is 13.2 Å². The largest absolute Gasteiger partial charge is 0.462 e. The van der Waals surface area contributed by atoms with Crippen LogP contribution in [-0.4, -0.2) is 37.2 Å². The number of allylic oxidation sites excluding steroid dienone is 4. The predicted octanol–water partition coefficient (Wildman–Crippen LogP) is 17.2. The van der Waals surface area contributed by atoms with Crippen LogP contribution in [0.25, 0.3) is 0 Å². The summed E-state index contributed by atoms with van der Waals surface area (Å²) < 4.78 is 16.8. The summed E-state index contributed by atoms with van der Waals surface area (Å²) in [7, 11) is 0. The van der Waals surface area contributed by atoms with E-state index in [-0.39, 0.29) is 31.1 Å². The van der Waals surface area contributed by atoms with Gasteiger partial charge in [0.05, 0.1) is 0 Å². The van der Waals surface area contributed by atoms with Crippen molar-refractivity contribution in [1.82, 2.24) is 0 Å². The normalized spacial score (nSPS) is 12.1. The van der Waals surface area contributed by atoms with Gasteiger partial charge in [0.25, 0.3) is 0 Å². The Kier molecular flexibility index (Phi) is 47.8. The van der Waals surface area contributed by atoms with Gasteiger partial charge in [-0.2, -0.15) is 0 Å². The third-order valence-electron chi connectivity index (χ3n) is 11.7. The molecule has 0 aromatic heterocycles. The van der Waals surface area contributed by atoms with Crippen molar-refractivity contribution in [2.24, 2.45) is 0 Å². The summed E-state index contributed by atoms with van der Waals surface area (Å²) in [4.78, 5) is 37.9. The average Bonchev–Trinajstić information content (AvgIpc) is 3.24. The summed E-state index contributed by atoms with van der Waals surface area (Å²) in [5, 5.41) is 0. The van der Waals surface area contributed by atoms with E-state index in [9.17, 15) is 14.4 Å². The lowest BCUT2D eigenvalue weighted by atomic mass is 10.0. The van der Waals surface area contributed by atoms with Crippen molar-refractivity contribution in [1.29, 1.82) is 0 Å². The molecule has 0 rings (SSSR count). The van der Waals surface area contributed by atoms with Gasteiger partial charge in [0.15, 0.2) is 6.10 Å². The number of esters is 3. The second kappa shape index (κ2) is 49.5. The minimum absolute atomic E-state index is 0.0735. The summed E-state index contributed by atoms with van der Waals surface area (Å²) in [6.45, 7) is 6.61. The molecule has 1 unspecified atom stereocenters. The SMILES string of the molecule is CCCC/C=C\CCCCCCCC(=O)OCC(COC(=O)CCCCCCCCCCCCCCCCCCC)OC(=O)CCCCCCC/C=C\CCCCCCC. The molecule has 0 N–H and O–H groups in total. The Morgan fingerprint density at radius 1 is 0.317 bits per heavy atom. The summed E-state index contributed by atoms with van der Waals surface area (Å²) in [6, 6.07) is 0. The van der Waals surface area contributed by atoms with E-state index in [0.717, 1.165) is 70.6 Å². The van der Waals surface area contributed by atoms with Gasteiger partial charge in [0, 0.05) is 19.3 Å². The van der Waals surface area contributed by atoms with Crippen LogP contribution in [-0.2, 0) is 28.6 Å². The third-order valence-corrected chi connectivity index (χ3v) is 11.7. The second-order valence-corrected chi connectivity index (χ2v) is 17.8. The van der Waals surface area contributed by atoms with Crippen LogP contribution in [0.4, 0.5) is 0 Å². The van der Waals surface area contributed by atoms with Crippen LogP contribution >= 0.6 is 0 Å². The predicted molar refractivity (Wildman–Crippen MR) is 256 cm³/mol. The van der Waals surface area contributed by atoms with Crippen LogP contribution in [0.2, 0.25) is 0 Å². The van der Waals surface area contributed by atoms with E-state index in [1.165, 1.54) is 173 Å². The van der Waals surface area contributed by atoms with E-state index < -0.39 is 6.10 Å². The Hall–Kier alpha value is -2.11. The van der Waals surface area contributed by atoms with Crippen molar-refractivity contribution < 1.29 is 28.6 Å². The Morgan fingerprint density at radius 2 is 0.567 bits per heavy atom. The number of hydrogen-bond acceptors (Lipinski definition) is 6. The van der Waals surface area contributed by atoms with Crippen molar-refractivity contribution >= 4 is 17.9 Å². The summed E-state index contributed by atoms with van der Waals surface area (Å²) in [5.41, 5.74) is 0. The van der Waals surface area contributed by atoms with E-state index in [1.807, 2.05) is 0 Å². The molecule has 0 aliphatic rings. The fraction of sp³-hybridized carbons (Fsp3) is 0.870. The van der Waals surface area contributed by atoms with Crippen molar-refractivity contribution in [3.05, 3.63) is 24.3 Å². The monoisotopic (exact) mass is 845 g/mol. The quantitative estimate of drug-likeness (QED) is 0.0263. The Balaban J connectivity index is 4.32. The summed E-state index contributed by atoms with van der Waals surface area (Å²) >= 11 is 0. The van der Waals surface area contributed by atoms with Crippen molar-refractivity contribution in [3.8, 4) is 0 Å². The zero-order chi connectivity index (χ0) is 43.7. The van der Waals surface area contributed by atoms with Crippen LogP contribution in [0.15, 0.2) is 24.3 Å². The van der Waals surface area contributed by atoms with Gasteiger partial charge in [-0.3, -0.25) is 14.4 Å². The molecule has 60 heavy (non-hydrogen) atoms. The second-order valence-electron chi connectivity index (χ2n) is 17.8. The van der Waals surface area contributed by atoms with Crippen LogP contribution in [0.5, 0.6) is 0 Å². The van der Waals surface area contributed by atoms with E-state index in [4.69, 9.17) is 14.2 Å². The summed E-state index contributed by atoms with van der Waals surface area (Å²) in [5.74, 6) is -0.879. The van der Waals surface area contributed by atoms with E-state index >= 15 is 0 Å². The van der Waals surface area contributed by atoms with Crippen molar-refractivity contribution in [3.63, 3.8) is 0 Å². The minimum Gasteiger partial charge on any atom is -0.462 e. The van der Waals surface area contributed by atoms with Gasteiger partial charge in [-0.15, -0.1) is 0 Å². The molecule has 0 aromatic rings. The molecule has 0 aliphatic heterocycles. The zero-order valence-corrected chi connectivity index (χ0v) is 40.2. The van der Waals surface area contributed by atoms with Gasteiger partial charge in [-0.1, -0.05) is 225 Å². The maximum absolute atomic E-state index is 12.8. The molecule has 6 nitrogen and oxygen atoms in total. The highest BCUT2D eigenvalue weighted by molar-refractivity contribution is 5.71. The Morgan fingerprint density at radius 3 is 0.883 bits per heavy atom. The molecule has 0 radical (unpaired) electrons. The molecule has 352 valence electrons. The third kappa shape index (κ3) is 46.9. The molecular formula is C54H100O6. The van der Waals surface area contributed by atoms with Crippen LogP contribution in [0.3, 0.4) is 0 Å². The van der Waals surface area contributed by atoms with E-state index in [2.05, 4.69) is 45.1 Å². The van der Waals surface area contributed by atoms with Crippen LogP contribution < -0.4 is 0 Å². The number of carbonyl (C=O) groups excluding carboxylic acids is 3. The number of rotatable bonds is 48. The average molecular weight is 845 g/mol. The molecule has 0 spiro atoms. The van der Waals surface area contributed by atoms with E-state index in [1.54, 1.807) is 0 Å². The molecule has 0 amide bonds. The lowest BCUT2D eigenvalue weighted by molar-refractivity contribution is -0.167. The number of ether oxygens (including phenoxy) is 3. The van der Waals surface area contributed by atoms with Crippen LogP contribution in [0.1, 0.15) is 284 Å². The van der Waals surface area contributed by atoms with Crippen molar-refractivity contribution in [2.45, 2.75) is 290 Å². The molecule has 0 heterocycles. The first-order valence-electron chi connectivity index (χ1n) is 26.3. The maximum atomic E-state index is 12.8. The molecule has 0 bridgehead atoms. The van der Waals surface area contributed by atoms with Gasteiger partial charge in [0.1, 0.15) is 13.2 Å². The lowest BCUT2D eigenvalue weighted by Gasteiger charge is -2.18. The fourth-order valence-electron chi connectivity index (χ4n) is 7.65. The molecule has 0 aliphatic carbocycles. The number of hydrogen-bond donors (Lipinski definition) is 0. The highest BCUT2D eigenvalue weighted by atomic mass is 16.6. The fourth-order valence-corrected chi connectivity index (χ4v) is 7.65. The Labute approximate surface area is 373 Å². The summed E-state index contributed by atoms with van der Waals surface area (Å²) in [6.07, 6.45) is 55.9. The highest BCUT2D eigenvalue weighted by Crippen LogP contribution is 2.16.